The van der Waals surface area contributed by atoms with Crippen molar-refractivity contribution in [2.24, 2.45) is 5.92 Å². The third-order valence-corrected chi connectivity index (χ3v) is 5.53. The highest BCUT2D eigenvalue weighted by atomic mass is 35.5. The molecule has 1 N–H and O–H groups in total. The van der Waals surface area contributed by atoms with E-state index in [4.69, 9.17) is 16.0 Å². The average Bonchev–Trinajstić information content (AvgIpc) is 3.22. The van der Waals surface area contributed by atoms with E-state index in [0.717, 1.165) is 11.1 Å². The van der Waals surface area contributed by atoms with Gasteiger partial charge in [0.15, 0.2) is 0 Å². The van der Waals surface area contributed by atoms with Gasteiger partial charge in [-0.2, -0.15) is 0 Å². The predicted octanol–water partition coefficient (Wildman–Crippen LogP) is 4.19. The van der Waals surface area contributed by atoms with Crippen LogP contribution in [0.4, 0.5) is 6.01 Å². The SMILES string of the molecule is Cc1ccccc1C(=O)N1CCC(C(=O)Nc2nnc(-c3ccc(Cl)cc3)o2)CC1. The molecule has 1 saturated heterocycles. The van der Waals surface area contributed by atoms with Crippen LogP contribution in [0.3, 0.4) is 0 Å². The van der Waals surface area contributed by atoms with Crippen LogP contribution < -0.4 is 5.32 Å². The number of halogens is 1. The first kappa shape index (κ1) is 20.1. The van der Waals surface area contributed by atoms with Gasteiger partial charge in [0.1, 0.15) is 0 Å². The second kappa shape index (κ2) is 8.67. The summed E-state index contributed by atoms with van der Waals surface area (Å²) >= 11 is 5.88. The van der Waals surface area contributed by atoms with E-state index >= 15 is 0 Å². The number of hydrogen-bond donors (Lipinski definition) is 1. The van der Waals surface area contributed by atoms with Crippen molar-refractivity contribution < 1.29 is 14.0 Å². The minimum absolute atomic E-state index is 0.0106. The number of aromatic nitrogens is 2. The molecular formula is C22H21ClN4O3. The predicted molar refractivity (Wildman–Crippen MR) is 113 cm³/mol. The monoisotopic (exact) mass is 424 g/mol. The number of hydrogen-bond acceptors (Lipinski definition) is 5. The highest BCUT2D eigenvalue weighted by molar-refractivity contribution is 6.30. The Hall–Kier alpha value is -3.19. The van der Waals surface area contributed by atoms with Crippen molar-refractivity contribution in [2.75, 3.05) is 18.4 Å². The van der Waals surface area contributed by atoms with Crippen molar-refractivity contribution in [3.05, 3.63) is 64.7 Å². The quantitative estimate of drug-likeness (QED) is 0.678. The van der Waals surface area contributed by atoms with Crippen LogP contribution in [0.25, 0.3) is 11.5 Å². The molecule has 2 aromatic carbocycles. The van der Waals surface area contributed by atoms with Crippen LogP contribution in [0.5, 0.6) is 0 Å². The number of amides is 2. The van der Waals surface area contributed by atoms with Gasteiger partial charge in [0.25, 0.3) is 5.91 Å². The van der Waals surface area contributed by atoms with E-state index in [1.165, 1.54) is 0 Å². The number of benzene rings is 2. The molecule has 0 radical (unpaired) electrons. The summed E-state index contributed by atoms with van der Waals surface area (Å²) in [6, 6.07) is 14.6. The van der Waals surface area contributed by atoms with Crippen molar-refractivity contribution in [1.29, 1.82) is 0 Å². The maximum Gasteiger partial charge on any atom is 0.322 e. The van der Waals surface area contributed by atoms with E-state index in [1.807, 2.05) is 31.2 Å². The van der Waals surface area contributed by atoms with Gasteiger partial charge in [-0.1, -0.05) is 34.9 Å². The third kappa shape index (κ3) is 4.36. The van der Waals surface area contributed by atoms with Gasteiger partial charge in [-0.05, 0) is 55.7 Å². The lowest BCUT2D eigenvalue weighted by molar-refractivity contribution is -0.121. The summed E-state index contributed by atoms with van der Waals surface area (Å²) in [5.41, 5.74) is 2.38. The van der Waals surface area contributed by atoms with E-state index in [9.17, 15) is 9.59 Å². The Morgan fingerprint density at radius 3 is 2.47 bits per heavy atom. The zero-order valence-corrected chi connectivity index (χ0v) is 17.2. The maximum atomic E-state index is 12.7. The summed E-state index contributed by atoms with van der Waals surface area (Å²) < 4.78 is 5.54. The number of anilines is 1. The second-order valence-electron chi connectivity index (χ2n) is 7.29. The molecule has 0 bridgehead atoms. The number of carbonyl (C=O) groups is 2. The Balaban J connectivity index is 1.33. The van der Waals surface area contributed by atoms with Gasteiger partial charge in [0, 0.05) is 35.2 Å². The normalized spacial score (nSPS) is 14.5. The van der Waals surface area contributed by atoms with Crippen LogP contribution in [-0.4, -0.2) is 40.0 Å². The molecule has 4 rings (SSSR count). The van der Waals surface area contributed by atoms with Crippen molar-refractivity contribution in [3.8, 4) is 11.5 Å². The van der Waals surface area contributed by atoms with Crippen molar-refractivity contribution in [1.82, 2.24) is 15.1 Å². The maximum absolute atomic E-state index is 12.7. The van der Waals surface area contributed by atoms with Gasteiger partial charge in [-0.3, -0.25) is 14.9 Å². The van der Waals surface area contributed by atoms with Gasteiger partial charge in [-0.25, -0.2) is 0 Å². The largest absolute Gasteiger partial charge is 0.403 e. The van der Waals surface area contributed by atoms with Gasteiger partial charge < -0.3 is 9.32 Å². The lowest BCUT2D eigenvalue weighted by atomic mass is 9.95. The number of carbonyl (C=O) groups excluding carboxylic acids is 2. The lowest BCUT2D eigenvalue weighted by Gasteiger charge is -2.31. The van der Waals surface area contributed by atoms with E-state index in [1.54, 1.807) is 29.2 Å². The number of rotatable bonds is 4. The fraction of sp³-hybridized carbons (Fsp3) is 0.273. The molecule has 1 aliphatic heterocycles. The summed E-state index contributed by atoms with van der Waals surface area (Å²) in [7, 11) is 0. The summed E-state index contributed by atoms with van der Waals surface area (Å²) in [6.07, 6.45) is 1.17. The lowest BCUT2D eigenvalue weighted by Crippen LogP contribution is -2.41. The Bertz CT molecular complexity index is 1060. The average molecular weight is 425 g/mol. The third-order valence-electron chi connectivity index (χ3n) is 5.27. The summed E-state index contributed by atoms with van der Waals surface area (Å²) in [5, 5.41) is 11.2. The highest BCUT2D eigenvalue weighted by Crippen LogP contribution is 2.24. The molecule has 0 aliphatic carbocycles. The first-order chi connectivity index (χ1) is 14.5. The molecule has 1 aliphatic rings. The molecule has 0 unspecified atom stereocenters. The number of piperidine rings is 1. The van der Waals surface area contributed by atoms with Crippen LogP contribution in [0.1, 0.15) is 28.8 Å². The van der Waals surface area contributed by atoms with Crippen molar-refractivity contribution in [3.63, 3.8) is 0 Å². The molecule has 3 aromatic rings. The van der Waals surface area contributed by atoms with E-state index in [2.05, 4.69) is 15.5 Å². The highest BCUT2D eigenvalue weighted by Gasteiger charge is 2.29. The number of likely N-dealkylation sites (tertiary alicyclic amines) is 1. The second-order valence-corrected chi connectivity index (χ2v) is 7.73. The molecule has 30 heavy (non-hydrogen) atoms. The van der Waals surface area contributed by atoms with Crippen LogP contribution in [0, 0.1) is 12.8 Å². The minimum Gasteiger partial charge on any atom is -0.403 e. The van der Waals surface area contributed by atoms with Gasteiger partial charge in [-0.15, -0.1) is 5.10 Å². The van der Waals surface area contributed by atoms with Crippen LogP contribution in [0.15, 0.2) is 52.9 Å². The van der Waals surface area contributed by atoms with Crippen LogP contribution in [-0.2, 0) is 4.79 Å². The first-order valence-corrected chi connectivity index (χ1v) is 10.1. The van der Waals surface area contributed by atoms with Gasteiger partial charge in [0.2, 0.25) is 11.8 Å². The number of nitrogens with one attached hydrogen (secondary N) is 1. The van der Waals surface area contributed by atoms with E-state index in [-0.39, 0.29) is 23.7 Å². The molecule has 0 saturated carbocycles. The standard InChI is InChI=1S/C22H21ClN4O3/c1-14-4-2-3-5-18(14)21(29)27-12-10-15(11-13-27)19(28)24-22-26-25-20(30-22)16-6-8-17(23)9-7-16/h2-9,15H,10-13H2,1H3,(H,24,26,28). The topological polar surface area (TPSA) is 88.3 Å². The molecule has 8 heteroatoms. The number of aryl methyl sites for hydroxylation is 1. The molecule has 2 heterocycles. The van der Waals surface area contributed by atoms with Crippen molar-refractivity contribution in [2.45, 2.75) is 19.8 Å². The molecule has 1 fully saturated rings. The number of nitrogens with zero attached hydrogens (tertiary/aromatic N) is 3. The zero-order chi connectivity index (χ0) is 21.1. The Morgan fingerprint density at radius 2 is 1.77 bits per heavy atom. The summed E-state index contributed by atoms with van der Waals surface area (Å²) in [4.78, 5) is 27.1. The van der Waals surface area contributed by atoms with Gasteiger partial charge >= 0.3 is 6.01 Å². The van der Waals surface area contributed by atoms with E-state index in [0.29, 0.717) is 42.4 Å². The molecule has 2 amide bonds. The first-order valence-electron chi connectivity index (χ1n) is 9.76. The molecule has 154 valence electrons. The Morgan fingerprint density at radius 1 is 1.07 bits per heavy atom. The van der Waals surface area contributed by atoms with Crippen LogP contribution in [0.2, 0.25) is 5.02 Å². The molecule has 1 aromatic heterocycles. The Kier molecular flexibility index (Phi) is 5.81. The molecular weight excluding hydrogens is 404 g/mol. The molecule has 7 nitrogen and oxygen atoms in total. The fourth-order valence-corrected chi connectivity index (χ4v) is 3.64. The van der Waals surface area contributed by atoms with E-state index < -0.39 is 0 Å². The summed E-state index contributed by atoms with van der Waals surface area (Å²) in [6.45, 7) is 2.99. The minimum atomic E-state index is -0.211. The van der Waals surface area contributed by atoms with Gasteiger partial charge in [0.05, 0.1) is 0 Å². The zero-order valence-electron chi connectivity index (χ0n) is 16.5. The van der Waals surface area contributed by atoms with Crippen molar-refractivity contribution >= 4 is 29.4 Å². The molecule has 0 spiro atoms. The Labute approximate surface area is 179 Å². The smallest absolute Gasteiger partial charge is 0.322 e. The summed E-state index contributed by atoms with van der Waals surface area (Å²) in [5.74, 6) is -0.0711. The molecule has 0 atom stereocenters. The fourth-order valence-electron chi connectivity index (χ4n) is 3.52. The van der Waals surface area contributed by atoms with Crippen LogP contribution >= 0.6 is 11.6 Å².